The maximum atomic E-state index is 14.5. The number of aliphatic hydroxyl groups excluding tert-OH is 2. The molecule has 8 nitrogen and oxygen atoms in total. The van der Waals surface area contributed by atoms with Gasteiger partial charge in [-0.3, -0.25) is 14.4 Å². The summed E-state index contributed by atoms with van der Waals surface area (Å²) in [5, 5.41) is 25.7. The van der Waals surface area contributed by atoms with Crippen molar-refractivity contribution in [2.24, 2.45) is 23.7 Å². The van der Waals surface area contributed by atoms with Crippen molar-refractivity contribution < 1.29 is 24.6 Å². The first-order chi connectivity index (χ1) is 20.5. The summed E-state index contributed by atoms with van der Waals surface area (Å²) in [5.74, 6) is -0.253. The fourth-order valence-electron chi connectivity index (χ4n) is 6.46. The number of hydrogen-bond donors (Lipinski definition) is 3. The van der Waals surface area contributed by atoms with Crippen LogP contribution in [-0.2, 0) is 14.4 Å². The van der Waals surface area contributed by atoms with Gasteiger partial charge in [0.1, 0.15) is 12.6 Å². The molecule has 3 rings (SSSR count). The van der Waals surface area contributed by atoms with Crippen molar-refractivity contribution in [2.45, 2.75) is 116 Å². The van der Waals surface area contributed by atoms with Gasteiger partial charge in [0.2, 0.25) is 17.7 Å². The molecule has 1 aromatic carbocycles. The summed E-state index contributed by atoms with van der Waals surface area (Å²) in [4.78, 5) is 43.9. The van der Waals surface area contributed by atoms with Crippen LogP contribution in [0.1, 0.15) is 103 Å². The molecule has 242 valence electrons. The summed E-state index contributed by atoms with van der Waals surface area (Å²) in [5.41, 5.74) is 1.14. The van der Waals surface area contributed by atoms with Crippen molar-refractivity contribution >= 4 is 17.7 Å². The van der Waals surface area contributed by atoms with Gasteiger partial charge in [0.25, 0.3) is 0 Å². The van der Waals surface area contributed by atoms with Crippen LogP contribution in [0.15, 0.2) is 30.3 Å². The highest BCUT2D eigenvalue weighted by Crippen LogP contribution is 2.38. The van der Waals surface area contributed by atoms with Crippen LogP contribution in [0, 0.1) is 23.7 Å². The predicted molar refractivity (Wildman–Crippen MR) is 170 cm³/mol. The number of carbonyl (C=O) groups is 3. The molecule has 0 heterocycles. The lowest BCUT2D eigenvalue weighted by Gasteiger charge is -2.41. The highest BCUT2D eigenvalue weighted by molar-refractivity contribution is 5.89. The van der Waals surface area contributed by atoms with Crippen molar-refractivity contribution in [3.63, 3.8) is 0 Å². The maximum Gasteiger partial charge on any atom is 0.241 e. The van der Waals surface area contributed by atoms with Crippen LogP contribution in [0.2, 0.25) is 0 Å². The SMILES string of the molecule is CC(C)C[C@H](O)[C@H](O)[C@H](CC1CCCCC1)N(CC(=O)N(C)C)C(=O)[C@@H](CC(=O)NC[C@@H](C)c1ccccc1)CC1CC1. The van der Waals surface area contributed by atoms with E-state index in [0.717, 1.165) is 44.1 Å². The first kappa shape index (κ1) is 35.0. The third-order valence-corrected chi connectivity index (χ3v) is 9.36. The second-order valence-corrected chi connectivity index (χ2v) is 13.9. The number of nitrogens with zero attached hydrogens (tertiary/aromatic N) is 2. The monoisotopic (exact) mass is 599 g/mol. The van der Waals surface area contributed by atoms with Crippen LogP contribution in [-0.4, -0.2) is 83.2 Å². The molecule has 0 bridgehead atoms. The van der Waals surface area contributed by atoms with E-state index in [-0.39, 0.29) is 42.5 Å². The molecule has 2 fully saturated rings. The topological polar surface area (TPSA) is 110 Å². The fourth-order valence-corrected chi connectivity index (χ4v) is 6.46. The Bertz CT molecular complexity index is 1010. The number of hydrogen-bond acceptors (Lipinski definition) is 5. The van der Waals surface area contributed by atoms with Crippen LogP contribution in [0.4, 0.5) is 0 Å². The molecule has 0 aliphatic heterocycles. The summed E-state index contributed by atoms with van der Waals surface area (Å²) < 4.78 is 0. The van der Waals surface area contributed by atoms with E-state index in [0.29, 0.717) is 37.6 Å². The largest absolute Gasteiger partial charge is 0.390 e. The average Bonchev–Trinajstić information content (AvgIpc) is 3.81. The molecule has 0 radical (unpaired) electrons. The molecular formula is C35H57N3O5. The Labute approximate surface area is 259 Å². The van der Waals surface area contributed by atoms with E-state index in [1.54, 1.807) is 14.1 Å². The van der Waals surface area contributed by atoms with E-state index >= 15 is 0 Å². The van der Waals surface area contributed by atoms with Gasteiger partial charge in [-0.05, 0) is 48.5 Å². The van der Waals surface area contributed by atoms with Gasteiger partial charge in [-0.2, -0.15) is 0 Å². The molecule has 5 atom stereocenters. The molecule has 43 heavy (non-hydrogen) atoms. The minimum absolute atomic E-state index is 0.0459. The van der Waals surface area contributed by atoms with Crippen molar-refractivity contribution in [1.29, 1.82) is 0 Å². The van der Waals surface area contributed by atoms with Crippen molar-refractivity contribution in [1.82, 2.24) is 15.1 Å². The average molecular weight is 600 g/mol. The number of aliphatic hydroxyl groups is 2. The van der Waals surface area contributed by atoms with Gasteiger partial charge in [0, 0.05) is 33.0 Å². The highest BCUT2D eigenvalue weighted by Gasteiger charge is 2.41. The molecule has 3 N–H and O–H groups in total. The number of carbonyl (C=O) groups excluding carboxylic acids is 3. The number of rotatable bonds is 17. The van der Waals surface area contributed by atoms with Gasteiger partial charge >= 0.3 is 0 Å². The normalized spacial score (nSPS) is 19.3. The third kappa shape index (κ3) is 11.5. The Morgan fingerprint density at radius 2 is 1.53 bits per heavy atom. The second kappa shape index (κ2) is 17.1. The van der Waals surface area contributed by atoms with Crippen LogP contribution in [0.5, 0.6) is 0 Å². The minimum atomic E-state index is -1.18. The lowest BCUT2D eigenvalue weighted by Crippen LogP contribution is -2.56. The lowest BCUT2D eigenvalue weighted by molar-refractivity contribution is -0.151. The Morgan fingerprint density at radius 1 is 0.907 bits per heavy atom. The quantitative estimate of drug-likeness (QED) is 0.240. The number of likely N-dealkylation sites (N-methyl/N-ethyl adjacent to an activating group) is 1. The minimum Gasteiger partial charge on any atom is -0.390 e. The molecule has 0 saturated heterocycles. The molecule has 2 saturated carbocycles. The molecule has 0 spiro atoms. The standard InChI is InChI=1S/C35H57N3O5/c1-24(2)18-31(39)34(42)30(20-26-12-8-6-9-13-26)38(23-33(41)37(4)5)35(43)29(19-27-16-17-27)21-32(40)36-22-25(3)28-14-10-7-11-15-28/h7,10-11,14-15,24-27,29-31,34,39,42H,6,8-9,12-13,16-23H2,1-5H3,(H,36,40)/t25-,29-,30+,31+,34-/m1/s1. The highest BCUT2D eigenvalue weighted by atomic mass is 16.3. The van der Waals surface area contributed by atoms with E-state index in [9.17, 15) is 24.6 Å². The number of amides is 3. The molecule has 1 aromatic rings. The van der Waals surface area contributed by atoms with E-state index in [1.165, 1.54) is 16.2 Å². The number of benzene rings is 1. The first-order valence-electron chi connectivity index (χ1n) is 16.6. The zero-order chi connectivity index (χ0) is 31.5. The second-order valence-electron chi connectivity index (χ2n) is 13.9. The van der Waals surface area contributed by atoms with Gasteiger partial charge < -0.3 is 25.3 Å². The molecule has 3 amide bonds. The van der Waals surface area contributed by atoms with E-state index in [2.05, 4.69) is 12.2 Å². The summed E-state index contributed by atoms with van der Waals surface area (Å²) in [6, 6.07) is 9.32. The van der Waals surface area contributed by atoms with Crippen molar-refractivity contribution in [2.75, 3.05) is 27.2 Å². The molecule has 2 aliphatic carbocycles. The van der Waals surface area contributed by atoms with E-state index in [4.69, 9.17) is 0 Å². The van der Waals surface area contributed by atoms with Gasteiger partial charge in [-0.25, -0.2) is 0 Å². The maximum absolute atomic E-state index is 14.5. The van der Waals surface area contributed by atoms with Gasteiger partial charge in [0.05, 0.1) is 12.1 Å². The number of nitrogens with one attached hydrogen (secondary N) is 1. The van der Waals surface area contributed by atoms with Crippen LogP contribution in [0.25, 0.3) is 0 Å². The van der Waals surface area contributed by atoms with E-state index < -0.39 is 24.2 Å². The smallest absolute Gasteiger partial charge is 0.241 e. The van der Waals surface area contributed by atoms with Crippen molar-refractivity contribution in [3.8, 4) is 0 Å². The molecule has 0 unspecified atom stereocenters. The van der Waals surface area contributed by atoms with Crippen LogP contribution >= 0.6 is 0 Å². The molecular weight excluding hydrogens is 542 g/mol. The molecule has 2 aliphatic rings. The third-order valence-electron chi connectivity index (χ3n) is 9.36. The van der Waals surface area contributed by atoms with Gasteiger partial charge in [-0.1, -0.05) is 96.0 Å². The zero-order valence-electron chi connectivity index (χ0n) is 27.2. The van der Waals surface area contributed by atoms with Gasteiger partial charge in [0.15, 0.2) is 0 Å². The Balaban J connectivity index is 1.84. The zero-order valence-corrected chi connectivity index (χ0v) is 27.2. The fraction of sp³-hybridized carbons (Fsp3) is 0.743. The predicted octanol–water partition coefficient (Wildman–Crippen LogP) is 4.74. The summed E-state index contributed by atoms with van der Waals surface area (Å²) >= 11 is 0. The first-order valence-corrected chi connectivity index (χ1v) is 16.6. The summed E-state index contributed by atoms with van der Waals surface area (Å²) in [7, 11) is 3.32. The Hall–Kier alpha value is -2.45. The van der Waals surface area contributed by atoms with E-state index in [1.807, 2.05) is 44.2 Å². The van der Waals surface area contributed by atoms with Crippen molar-refractivity contribution in [3.05, 3.63) is 35.9 Å². The Kier molecular flexibility index (Phi) is 14.0. The summed E-state index contributed by atoms with van der Waals surface area (Å²) in [6.07, 6.45) is 6.90. The summed E-state index contributed by atoms with van der Waals surface area (Å²) in [6.45, 7) is 6.35. The lowest BCUT2D eigenvalue weighted by atomic mass is 9.81. The molecule has 0 aromatic heterocycles. The van der Waals surface area contributed by atoms with Gasteiger partial charge in [-0.15, -0.1) is 0 Å². The van der Waals surface area contributed by atoms with Crippen LogP contribution in [0.3, 0.4) is 0 Å². The Morgan fingerprint density at radius 3 is 2.12 bits per heavy atom. The molecule has 8 heteroatoms. The van der Waals surface area contributed by atoms with Crippen LogP contribution < -0.4 is 5.32 Å².